The number of aromatic nitrogens is 2. The Kier molecular flexibility index (Phi) is 6.70. The highest BCUT2D eigenvalue weighted by Crippen LogP contribution is 2.38. The molecule has 1 atom stereocenters. The van der Waals surface area contributed by atoms with Crippen molar-refractivity contribution in [2.24, 2.45) is 0 Å². The van der Waals surface area contributed by atoms with Crippen molar-refractivity contribution >= 4 is 21.7 Å². The maximum absolute atomic E-state index is 12.3. The fraction of sp³-hybridized carbons (Fsp3) is 0.560. The molecule has 9 nitrogen and oxygen atoms in total. The maximum atomic E-state index is 12.3. The summed E-state index contributed by atoms with van der Waals surface area (Å²) in [6.45, 7) is 10.5. The number of hydrogen-bond acceptors (Lipinski definition) is 8. The van der Waals surface area contributed by atoms with Crippen LogP contribution in [0.5, 0.6) is 5.88 Å². The fourth-order valence-electron chi connectivity index (χ4n) is 4.53. The van der Waals surface area contributed by atoms with E-state index in [9.17, 15) is 13.2 Å². The van der Waals surface area contributed by atoms with Crippen LogP contribution in [0, 0.1) is 6.92 Å². The molecule has 1 aromatic heterocycles. The first kappa shape index (κ1) is 25.2. The van der Waals surface area contributed by atoms with Crippen molar-refractivity contribution < 1.29 is 22.7 Å². The lowest BCUT2D eigenvalue weighted by Gasteiger charge is -2.33. The zero-order chi connectivity index (χ0) is 25.5. The Morgan fingerprint density at radius 1 is 1.14 bits per heavy atom. The molecule has 0 spiro atoms. The van der Waals surface area contributed by atoms with E-state index in [-0.39, 0.29) is 18.2 Å². The van der Waals surface area contributed by atoms with E-state index in [1.165, 1.54) is 6.26 Å². The highest BCUT2D eigenvalue weighted by atomic mass is 32.2. The summed E-state index contributed by atoms with van der Waals surface area (Å²) in [5, 5.41) is 0. The molecule has 1 unspecified atom stereocenters. The van der Waals surface area contributed by atoms with E-state index in [1.807, 2.05) is 46.9 Å². The van der Waals surface area contributed by atoms with Crippen molar-refractivity contribution in [1.82, 2.24) is 14.9 Å². The fourth-order valence-corrected chi connectivity index (χ4v) is 5.27. The highest BCUT2D eigenvalue weighted by Gasteiger charge is 2.33. The number of piperidine rings is 1. The lowest BCUT2D eigenvalue weighted by Crippen LogP contribution is -2.44. The molecule has 1 aliphatic carbocycles. The third kappa shape index (κ3) is 5.86. The summed E-state index contributed by atoms with van der Waals surface area (Å²) in [6, 6.07) is 1.81. The van der Waals surface area contributed by atoms with Crippen molar-refractivity contribution in [3.05, 3.63) is 46.3 Å². The minimum atomic E-state index is -3.26. The van der Waals surface area contributed by atoms with Crippen molar-refractivity contribution in [2.75, 3.05) is 24.2 Å². The molecule has 0 aromatic carbocycles. The lowest BCUT2D eigenvalue weighted by molar-refractivity contribution is 0.0123. The summed E-state index contributed by atoms with van der Waals surface area (Å²) in [5.41, 5.74) is 1.48. The van der Waals surface area contributed by atoms with Gasteiger partial charge in [-0.1, -0.05) is 6.08 Å². The quantitative estimate of drug-likeness (QED) is 0.611. The number of allylic oxidation sites excluding steroid dienone is 1. The molecule has 1 saturated heterocycles. The van der Waals surface area contributed by atoms with Crippen molar-refractivity contribution in [3.8, 4) is 5.88 Å². The summed E-state index contributed by atoms with van der Waals surface area (Å²) in [4.78, 5) is 25.6. The molecule has 35 heavy (non-hydrogen) atoms. The van der Waals surface area contributed by atoms with E-state index < -0.39 is 15.4 Å². The number of ether oxygens (including phenoxy) is 2. The smallest absolute Gasteiger partial charge is 0.410 e. The minimum absolute atomic E-state index is 0.0142. The molecular weight excluding hydrogens is 468 g/mol. The Bertz CT molecular complexity index is 1200. The van der Waals surface area contributed by atoms with E-state index in [1.54, 1.807) is 17.1 Å². The zero-order valence-electron chi connectivity index (χ0n) is 21.2. The number of carbonyl (C=O) groups is 1. The number of hydrogen-bond donors (Lipinski definition) is 0. The first-order valence-corrected chi connectivity index (χ1v) is 13.8. The van der Waals surface area contributed by atoms with E-state index in [2.05, 4.69) is 14.9 Å². The predicted octanol–water partition coefficient (Wildman–Crippen LogP) is 3.91. The largest absolute Gasteiger partial charge is 0.474 e. The number of aryl methyl sites for hydroxylation is 1. The number of carbonyl (C=O) groups excluding carboxylic acids is 1. The molecule has 0 radical (unpaired) electrons. The second kappa shape index (κ2) is 9.29. The molecule has 0 N–H and O–H groups in total. The topological polar surface area (TPSA) is 102 Å². The molecule has 0 saturated carbocycles. The van der Waals surface area contributed by atoms with E-state index in [0.29, 0.717) is 54.8 Å². The zero-order valence-corrected chi connectivity index (χ0v) is 22.1. The summed E-state index contributed by atoms with van der Waals surface area (Å²) in [6.07, 6.45) is 8.37. The molecule has 2 aliphatic heterocycles. The Balaban J connectivity index is 1.44. The lowest BCUT2D eigenvalue weighted by atomic mass is 9.96. The van der Waals surface area contributed by atoms with Gasteiger partial charge in [0.25, 0.3) is 0 Å². The van der Waals surface area contributed by atoms with Gasteiger partial charge in [-0.3, -0.25) is 0 Å². The van der Waals surface area contributed by atoms with Gasteiger partial charge in [-0.15, -0.1) is 0 Å². The molecule has 3 heterocycles. The average Bonchev–Trinajstić information content (AvgIpc) is 3.08. The third-order valence-electron chi connectivity index (χ3n) is 6.20. The number of anilines is 1. The normalized spacial score (nSPS) is 21.2. The van der Waals surface area contributed by atoms with Gasteiger partial charge < -0.3 is 19.3 Å². The molecular formula is C25H34N4O5S. The third-order valence-corrected chi connectivity index (χ3v) is 7.34. The molecule has 1 aromatic rings. The molecule has 3 aliphatic rings. The standard InChI is InChI=1S/C25H34N4O5S/c1-16-15-29(21-8-7-19(13-20(16)21)35(6,31)32)22-14-23(27-17(2)26-22)33-18-9-11-28(12-10-18)24(30)34-25(3,4)5/h7,13-15,18,21H,8-12H2,1-6H3. The van der Waals surface area contributed by atoms with Crippen molar-refractivity contribution in [1.29, 1.82) is 0 Å². The van der Waals surface area contributed by atoms with Crippen LogP contribution < -0.4 is 9.64 Å². The average molecular weight is 503 g/mol. The highest BCUT2D eigenvalue weighted by molar-refractivity contribution is 7.94. The van der Waals surface area contributed by atoms with Gasteiger partial charge >= 0.3 is 6.09 Å². The van der Waals surface area contributed by atoms with Crippen LogP contribution in [-0.4, -0.2) is 66.5 Å². The Morgan fingerprint density at radius 3 is 2.46 bits per heavy atom. The van der Waals surface area contributed by atoms with Gasteiger partial charge in [-0.2, -0.15) is 4.98 Å². The van der Waals surface area contributed by atoms with E-state index >= 15 is 0 Å². The van der Waals surface area contributed by atoms with Crippen molar-refractivity contribution in [2.45, 2.75) is 71.6 Å². The Hall–Kier alpha value is -2.88. The molecule has 0 bridgehead atoms. The summed E-state index contributed by atoms with van der Waals surface area (Å²) < 4.78 is 35.7. The van der Waals surface area contributed by atoms with Crippen LogP contribution in [-0.2, 0) is 14.6 Å². The van der Waals surface area contributed by atoms with Gasteiger partial charge in [0.05, 0.1) is 10.9 Å². The number of rotatable bonds is 4. The van der Waals surface area contributed by atoms with Gasteiger partial charge in [0.1, 0.15) is 23.3 Å². The van der Waals surface area contributed by atoms with Gasteiger partial charge in [0.15, 0.2) is 9.84 Å². The van der Waals surface area contributed by atoms with Crippen LogP contribution in [0.15, 0.2) is 40.5 Å². The molecule has 4 rings (SSSR count). The first-order valence-electron chi connectivity index (χ1n) is 11.9. The Labute approximate surface area is 207 Å². The first-order chi connectivity index (χ1) is 16.3. The molecule has 190 valence electrons. The van der Waals surface area contributed by atoms with Crippen LogP contribution in [0.1, 0.15) is 52.8 Å². The van der Waals surface area contributed by atoms with Gasteiger partial charge in [0, 0.05) is 44.5 Å². The van der Waals surface area contributed by atoms with Crippen LogP contribution in [0.3, 0.4) is 0 Å². The Morgan fingerprint density at radius 2 is 1.83 bits per heavy atom. The molecule has 1 amide bonds. The van der Waals surface area contributed by atoms with E-state index in [0.717, 1.165) is 11.1 Å². The number of likely N-dealkylation sites (tertiary alicyclic amines) is 1. The van der Waals surface area contributed by atoms with Gasteiger partial charge in [-0.05, 0) is 58.3 Å². The predicted molar refractivity (Wildman–Crippen MR) is 134 cm³/mol. The van der Waals surface area contributed by atoms with Crippen LogP contribution in [0.25, 0.3) is 0 Å². The summed E-state index contributed by atoms with van der Waals surface area (Å²) in [5.74, 6) is 1.80. The molecule has 1 fully saturated rings. The number of fused-ring (bicyclic) bond motifs is 1. The van der Waals surface area contributed by atoms with Crippen LogP contribution >= 0.6 is 0 Å². The maximum Gasteiger partial charge on any atom is 0.410 e. The summed E-state index contributed by atoms with van der Waals surface area (Å²) >= 11 is 0. The van der Waals surface area contributed by atoms with Gasteiger partial charge in [0.2, 0.25) is 5.88 Å². The SMILES string of the molecule is CC1=CN(c2cc(OC3CCN(C(=O)OC(C)(C)C)CC3)nc(C)n2)C2CC=C(S(C)(=O)=O)C=C12. The number of nitrogens with zero attached hydrogens (tertiary/aromatic N) is 4. The monoisotopic (exact) mass is 502 g/mol. The van der Waals surface area contributed by atoms with Crippen molar-refractivity contribution in [3.63, 3.8) is 0 Å². The minimum Gasteiger partial charge on any atom is -0.474 e. The number of amides is 1. The number of sulfone groups is 1. The van der Waals surface area contributed by atoms with E-state index in [4.69, 9.17) is 9.47 Å². The second-order valence-corrected chi connectivity index (χ2v) is 12.4. The van der Waals surface area contributed by atoms with Crippen LogP contribution in [0.4, 0.5) is 10.6 Å². The van der Waals surface area contributed by atoms with Crippen LogP contribution in [0.2, 0.25) is 0 Å². The molecule has 10 heteroatoms. The second-order valence-electron chi connectivity index (χ2n) is 10.3. The van der Waals surface area contributed by atoms with Gasteiger partial charge in [-0.25, -0.2) is 18.2 Å². The summed E-state index contributed by atoms with van der Waals surface area (Å²) in [7, 11) is -3.26.